The maximum Gasteiger partial charge on any atom is 0.338 e. The zero-order valence-electron chi connectivity index (χ0n) is 31.8. The Balaban J connectivity index is 1.51. The third-order valence-electron chi connectivity index (χ3n) is 7.62. The molecule has 0 radical (unpaired) electrons. The van der Waals surface area contributed by atoms with Gasteiger partial charge in [0.05, 0.1) is 52.3 Å². The van der Waals surface area contributed by atoms with Crippen molar-refractivity contribution in [3.05, 3.63) is 71.3 Å². The van der Waals surface area contributed by atoms with E-state index in [2.05, 4.69) is 10.6 Å². The number of amides is 2. The molecular formula is C40H54N2O14. The fourth-order valence-electron chi connectivity index (χ4n) is 4.86. The van der Waals surface area contributed by atoms with Crippen molar-refractivity contribution in [1.82, 2.24) is 10.6 Å². The molecule has 0 aliphatic heterocycles. The number of hydrogen-bond acceptors (Lipinski definition) is 14. The van der Waals surface area contributed by atoms with E-state index < -0.39 is 5.97 Å². The van der Waals surface area contributed by atoms with Crippen LogP contribution in [0.4, 0.5) is 0 Å². The Morgan fingerprint density at radius 1 is 0.429 bits per heavy atom. The van der Waals surface area contributed by atoms with E-state index >= 15 is 0 Å². The van der Waals surface area contributed by atoms with Crippen molar-refractivity contribution in [3.8, 4) is 34.5 Å². The number of esters is 1. The Labute approximate surface area is 326 Å². The number of benzene rings is 3. The van der Waals surface area contributed by atoms with Gasteiger partial charge in [-0.1, -0.05) is 0 Å². The predicted octanol–water partition coefficient (Wildman–Crippen LogP) is 2.92. The van der Waals surface area contributed by atoms with Crippen molar-refractivity contribution < 1.29 is 68.0 Å². The second-order valence-electron chi connectivity index (χ2n) is 12.2. The number of methoxy groups -OCH3 is 1. The van der Waals surface area contributed by atoms with E-state index in [1.165, 1.54) is 19.2 Å². The fraction of sp³-hybridized carbons (Fsp3) is 0.475. The smallest absolute Gasteiger partial charge is 0.338 e. The quantitative estimate of drug-likeness (QED) is 0.0440. The SMILES string of the molecule is COC(=O)c1cc(OCCCNC(=O)c2cc(OCCCO)cc(OCCCO)c2)cc(OCCCNC(=O)c2cc(OCCCO)cc(OCCCO)c2)c1. The zero-order valence-corrected chi connectivity index (χ0v) is 31.8. The average molecular weight is 787 g/mol. The molecule has 6 N–H and O–H groups in total. The normalized spacial score (nSPS) is 10.7. The highest BCUT2D eigenvalue weighted by atomic mass is 16.5. The first kappa shape index (κ1) is 45.1. The van der Waals surface area contributed by atoms with Crippen LogP contribution < -0.4 is 39.1 Å². The van der Waals surface area contributed by atoms with Crippen LogP contribution in [0.25, 0.3) is 0 Å². The van der Waals surface area contributed by atoms with E-state index in [4.69, 9.17) is 53.6 Å². The summed E-state index contributed by atoms with van der Waals surface area (Å²) in [6.07, 6.45) is 2.59. The number of carbonyl (C=O) groups excluding carboxylic acids is 3. The van der Waals surface area contributed by atoms with Gasteiger partial charge in [0.1, 0.15) is 34.5 Å². The summed E-state index contributed by atoms with van der Waals surface area (Å²) in [6.45, 7) is 1.92. The van der Waals surface area contributed by atoms with Crippen LogP contribution in [-0.2, 0) is 4.74 Å². The molecule has 0 aliphatic rings. The second kappa shape index (κ2) is 26.5. The molecule has 0 saturated carbocycles. The van der Waals surface area contributed by atoms with Crippen molar-refractivity contribution in [3.63, 3.8) is 0 Å². The first-order chi connectivity index (χ1) is 27.3. The minimum atomic E-state index is -0.579. The van der Waals surface area contributed by atoms with Crippen molar-refractivity contribution in [2.45, 2.75) is 38.5 Å². The van der Waals surface area contributed by atoms with Gasteiger partial charge in [0.15, 0.2) is 0 Å². The maximum absolute atomic E-state index is 13.0. The highest BCUT2D eigenvalue weighted by Crippen LogP contribution is 2.26. The summed E-state index contributed by atoms with van der Waals surface area (Å²) in [7, 11) is 1.27. The molecule has 2 amide bonds. The first-order valence-electron chi connectivity index (χ1n) is 18.6. The largest absolute Gasteiger partial charge is 0.493 e. The molecule has 0 aliphatic carbocycles. The van der Waals surface area contributed by atoms with Gasteiger partial charge in [-0.25, -0.2) is 4.79 Å². The number of rotatable bonds is 29. The Hall–Kier alpha value is -5.29. The average Bonchev–Trinajstić information content (AvgIpc) is 3.20. The van der Waals surface area contributed by atoms with Crippen LogP contribution in [0.2, 0.25) is 0 Å². The van der Waals surface area contributed by atoms with Gasteiger partial charge in [-0.15, -0.1) is 0 Å². The summed E-state index contributed by atoms with van der Waals surface area (Å²) in [6, 6.07) is 14.3. The van der Waals surface area contributed by atoms with Crippen molar-refractivity contribution >= 4 is 17.8 Å². The van der Waals surface area contributed by atoms with Crippen LogP contribution in [0.1, 0.15) is 69.6 Å². The van der Waals surface area contributed by atoms with Crippen molar-refractivity contribution in [2.75, 3.05) is 86.3 Å². The van der Waals surface area contributed by atoms with E-state index in [9.17, 15) is 14.4 Å². The minimum Gasteiger partial charge on any atom is -0.493 e. The lowest BCUT2D eigenvalue weighted by atomic mass is 10.2. The van der Waals surface area contributed by atoms with E-state index in [0.717, 1.165) is 0 Å². The fourth-order valence-corrected chi connectivity index (χ4v) is 4.86. The molecule has 0 atom stereocenters. The number of aliphatic hydroxyl groups excluding tert-OH is 4. The third-order valence-corrected chi connectivity index (χ3v) is 7.62. The summed E-state index contributed by atoms with van der Waals surface area (Å²) in [5.41, 5.74) is 0.862. The molecule has 0 fully saturated rings. The van der Waals surface area contributed by atoms with Gasteiger partial charge in [0.2, 0.25) is 0 Å². The molecular weight excluding hydrogens is 732 g/mol. The molecule has 0 heterocycles. The van der Waals surface area contributed by atoms with Crippen LogP contribution in [-0.4, -0.2) is 124 Å². The van der Waals surface area contributed by atoms with Crippen LogP contribution in [0, 0.1) is 0 Å². The van der Waals surface area contributed by atoms with E-state index in [-0.39, 0.29) is 96.5 Å². The Bertz CT molecular complexity index is 1470. The standard InChI is InChI=1S/C40H54N2O14/c1-50-40(49)31-24-36(51-14-2-8-41-38(47)29-20-32(53-16-4-10-43)26-33(21-29)54-17-5-11-44)28-37(25-31)52-15-3-9-42-39(48)30-22-34(55-18-6-12-45)27-35(23-30)56-19-7-13-46/h20-28,43-46H,2-19H2,1H3,(H,41,47)(H,42,48). The highest BCUT2D eigenvalue weighted by Gasteiger charge is 2.14. The molecule has 16 nitrogen and oxygen atoms in total. The number of nitrogens with one attached hydrogen (secondary N) is 2. The molecule has 0 spiro atoms. The summed E-state index contributed by atoms with van der Waals surface area (Å²) >= 11 is 0. The Morgan fingerprint density at radius 2 is 0.696 bits per heavy atom. The molecule has 3 aromatic rings. The molecule has 3 aromatic carbocycles. The minimum absolute atomic E-state index is 0.0289. The monoisotopic (exact) mass is 786 g/mol. The number of aliphatic hydroxyl groups is 4. The molecule has 3 rings (SSSR count). The summed E-state index contributed by atoms with van der Waals surface area (Å²) in [5, 5.41) is 41.9. The van der Waals surface area contributed by atoms with Crippen LogP contribution >= 0.6 is 0 Å². The summed E-state index contributed by atoms with van der Waals surface area (Å²) in [5.74, 6) is 1.10. The first-order valence-corrected chi connectivity index (χ1v) is 18.6. The molecule has 16 heteroatoms. The lowest BCUT2D eigenvalue weighted by Gasteiger charge is -2.14. The molecule has 0 bridgehead atoms. The lowest BCUT2D eigenvalue weighted by molar-refractivity contribution is 0.0599. The van der Waals surface area contributed by atoms with Gasteiger partial charge in [-0.3, -0.25) is 9.59 Å². The molecule has 0 unspecified atom stereocenters. The Kier molecular flexibility index (Phi) is 21.3. The lowest BCUT2D eigenvalue weighted by Crippen LogP contribution is -2.25. The number of carbonyl (C=O) groups is 3. The summed E-state index contributed by atoms with van der Waals surface area (Å²) < 4.78 is 39.2. The molecule has 56 heavy (non-hydrogen) atoms. The van der Waals surface area contributed by atoms with Gasteiger partial charge >= 0.3 is 5.97 Å². The van der Waals surface area contributed by atoms with Crippen molar-refractivity contribution in [2.24, 2.45) is 0 Å². The van der Waals surface area contributed by atoms with E-state index in [0.29, 0.717) is 84.1 Å². The number of ether oxygens (including phenoxy) is 7. The van der Waals surface area contributed by atoms with Crippen molar-refractivity contribution in [1.29, 1.82) is 0 Å². The predicted molar refractivity (Wildman–Crippen MR) is 204 cm³/mol. The van der Waals surface area contributed by atoms with Gasteiger partial charge in [-0.2, -0.15) is 0 Å². The van der Waals surface area contributed by atoms with E-state index in [1.807, 2.05) is 0 Å². The molecule has 308 valence electrons. The van der Waals surface area contributed by atoms with Crippen LogP contribution in [0.3, 0.4) is 0 Å². The van der Waals surface area contributed by atoms with Gasteiger partial charge in [0, 0.05) is 94.5 Å². The van der Waals surface area contributed by atoms with Gasteiger partial charge in [-0.05, 0) is 49.2 Å². The zero-order chi connectivity index (χ0) is 40.4. The topological polar surface area (TPSA) is 221 Å². The maximum atomic E-state index is 13.0. The van der Waals surface area contributed by atoms with Crippen LogP contribution in [0.5, 0.6) is 34.5 Å². The van der Waals surface area contributed by atoms with Gasteiger partial charge < -0.3 is 64.2 Å². The van der Waals surface area contributed by atoms with E-state index in [1.54, 1.807) is 42.5 Å². The second-order valence-corrected chi connectivity index (χ2v) is 12.2. The van der Waals surface area contributed by atoms with Crippen LogP contribution in [0.15, 0.2) is 54.6 Å². The summed E-state index contributed by atoms with van der Waals surface area (Å²) in [4.78, 5) is 38.3. The third kappa shape index (κ3) is 17.0. The molecule has 0 saturated heterocycles. The number of hydrogen-bond donors (Lipinski definition) is 6. The van der Waals surface area contributed by atoms with Gasteiger partial charge in [0.25, 0.3) is 11.8 Å². The Morgan fingerprint density at radius 3 is 0.964 bits per heavy atom. The highest BCUT2D eigenvalue weighted by molar-refractivity contribution is 5.95. The molecule has 0 aromatic heterocycles.